The first-order valence-corrected chi connectivity index (χ1v) is 4.92. The van der Waals surface area contributed by atoms with Crippen LogP contribution in [0.3, 0.4) is 0 Å². The lowest BCUT2D eigenvalue weighted by atomic mass is 10.3. The molecule has 0 saturated carbocycles. The van der Waals surface area contributed by atoms with Gasteiger partial charge in [-0.1, -0.05) is 6.92 Å². The first-order valence-electron chi connectivity index (χ1n) is 4.92. The summed E-state index contributed by atoms with van der Waals surface area (Å²) in [5, 5.41) is 3.20. The minimum absolute atomic E-state index is 0.231. The molecule has 0 radical (unpaired) electrons. The van der Waals surface area contributed by atoms with Gasteiger partial charge in [-0.05, 0) is 43.8 Å². The normalized spacial score (nSPS) is 10.1. The molecular formula is C11H16FNO. The van der Waals surface area contributed by atoms with E-state index in [9.17, 15) is 4.39 Å². The topological polar surface area (TPSA) is 21.3 Å². The minimum atomic E-state index is -0.231. The van der Waals surface area contributed by atoms with E-state index in [-0.39, 0.29) is 5.82 Å². The maximum atomic E-state index is 12.5. The quantitative estimate of drug-likeness (QED) is 0.706. The van der Waals surface area contributed by atoms with E-state index < -0.39 is 0 Å². The first kappa shape index (κ1) is 11.0. The molecule has 14 heavy (non-hydrogen) atoms. The van der Waals surface area contributed by atoms with Crippen LogP contribution in [0.1, 0.15) is 13.3 Å². The molecule has 0 spiro atoms. The van der Waals surface area contributed by atoms with Crippen LogP contribution in [-0.4, -0.2) is 19.7 Å². The molecule has 0 heterocycles. The molecule has 1 aromatic carbocycles. The Bertz CT molecular complexity index is 248. The summed E-state index contributed by atoms with van der Waals surface area (Å²) in [5.74, 6) is 0.493. The molecule has 1 rings (SSSR count). The Morgan fingerprint density at radius 2 is 2.00 bits per heavy atom. The summed E-state index contributed by atoms with van der Waals surface area (Å²) >= 11 is 0. The van der Waals surface area contributed by atoms with E-state index in [0.717, 1.165) is 25.3 Å². The largest absolute Gasteiger partial charge is 0.494 e. The van der Waals surface area contributed by atoms with Crippen LogP contribution in [0, 0.1) is 5.82 Å². The second-order valence-electron chi connectivity index (χ2n) is 3.01. The molecular weight excluding hydrogens is 181 g/mol. The number of hydrogen-bond donors (Lipinski definition) is 1. The molecule has 0 aliphatic rings. The van der Waals surface area contributed by atoms with Crippen LogP contribution in [-0.2, 0) is 0 Å². The van der Waals surface area contributed by atoms with Gasteiger partial charge in [0.1, 0.15) is 11.6 Å². The van der Waals surface area contributed by atoms with Crippen molar-refractivity contribution in [2.75, 3.05) is 19.7 Å². The number of halogens is 1. The van der Waals surface area contributed by atoms with Gasteiger partial charge in [0.25, 0.3) is 0 Å². The molecule has 0 unspecified atom stereocenters. The van der Waals surface area contributed by atoms with Crippen LogP contribution in [0.2, 0.25) is 0 Å². The van der Waals surface area contributed by atoms with Crippen LogP contribution >= 0.6 is 0 Å². The molecule has 2 nitrogen and oxygen atoms in total. The number of nitrogens with one attached hydrogen (secondary N) is 1. The fourth-order valence-corrected chi connectivity index (χ4v) is 1.09. The van der Waals surface area contributed by atoms with Gasteiger partial charge in [-0.3, -0.25) is 0 Å². The molecule has 0 amide bonds. The Morgan fingerprint density at radius 3 is 2.64 bits per heavy atom. The number of ether oxygens (including phenoxy) is 1. The van der Waals surface area contributed by atoms with Crippen LogP contribution in [0.25, 0.3) is 0 Å². The highest BCUT2D eigenvalue weighted by molar-refractivity contribution is 5.21. The highest BCUT2D eigenvalue weighted by atomic mass is 19.1. The maximum Gasteiger partial charge on any atom is 0.123 e. The average molecular weight is 197 g/mol. The van der Waals surface area contributed by atoms with E-state index in [1.807, 2.05) is 0 Å². The third-order valence-corrected chi connectivity index (χ3v) is 1.83. The van der Waals surface area contributed by atoms with E-state index in [4.69, 9.17) is 4.74 Å². The summed E-state index contributed by atoms with van der Waals surface area (Å²) in [4.78, 5) is 0. The molecule has 0 fully saturated rings. The van der Waals surface area contributed by atoms with Crippen molar-refractivity contribution in [3.8, 4) is 5.75 Å². The van der Waals surface area contributed by atoms with E-state index in [0.29, 0.717) is 6.61 Å². The summed E-state index contributed by atoms with van der Waals surface area (Å²) in [6.45, 7) is 4.67. The zero-order chi connectivity index (χ0) is 10.2. The lowest BCUT2D eigenvalue weighted by Crippen LogP contribution is -2.16. The average Bonchev–Trinajstić information content (AvgIpc) is 2.21. The highest BCUT2D eigenvalue weighted by Crippen LogP contribution is 2.10. The van der Waals surface area contributed by atoms with Crippen LogP contribution in [0.4, 0.5) is 4.39 Å². The monoisotopic (exact) mass is 197 g/mol. The van der Waals surface area contributed by atoms with Gasteiger partial charge in [0.05, 0.1) is 6.61 Å². The van der Waals surface area contributed by atoms with Crippen molar-refractivity contribution in [3.05, 3.63) is 30.1 Å². The molecule has 0 atom stereocenters. The molecule has 0 bridgehead atoms. The lowest BCUT2D eigenvalue weighted by molar-refractivity contribution is 0.308. The molecule has 0 saturated heterocycles. The van der Waals surface area contributed by atoms with Crippen molar-refractivity contribution in [2.45, 2.75) is 13.3 Å². The number of benzene rings is 1. The summed E-state index contributed by atoms with van der Waals surface area (Å²) in [6.07, 6.45) is 0.964. The predicted molar refractivity (Wildman–Crippen MR) is 55.1 cm³/mol. The van der Waals surface area contributed by atoms with Gasteiger partial charge in [-0.2, -0.15) is 0 Å². The number of rotatable bonds is 6. The van der Waals surface area contributed by atoms with Crippen LogP contribution in [0.5, 0.6) is 5.75 Å². The summed E-state index contributed by atoms with van der Waals surface area (Å²) in [6, 6.07) is 6.09. The van der Waals surface area contributed by atoms with E-state index in [2.05, 4.69) is 12.2 Å². The minimum Gasteiger partial charge on any atom is -0.494 e. The van der Waals surface area contributed by atoms with Crippen LogP contribution < -0.4 is 10.1 Å². The van der Waals surface area contributed by atoms with Crippen molar-refractivity contribution >= 4 is 0 Å². The predicted octanol–water partition coefficient (Wildman–Crippen LogP) is 2.20. The SMILES string of the molecule is CCNCCCOc1ccc(F)cc1. The summed E-state index contributed by atoms with van der Waals surface area (Å²) in [7, 11) is 0. The van der Waals surface area contributed by atoms with Gasteiger partial charge >= 0.3 is 0 Å². The standard InChI is InChI=1S/C11H16FNO/c1-2-13-8-3-9-14-11-6-4-10(12)5-7-11/h4-7,13H,2-3,8-9H2,1H3. The maximum absolute atomic E-state index is 12.5. The van der Waals surface area contributed by atoms with Gasteiger partial charge in [0.2, 0.25) is 0 Å². The van der Waals surface area contributed by atoms with Crippen molar-refractivity contribution in [1.29, 1.82) is 0 Å². The van der Waals surface area contributed by atoms with Crippen molar-refractivity contribution < 1.29 is 9.13 Å². The van der Waals surface area contributed by atoms with Crippen molar-refractivity contribution in [2.24, 2.45) is 0 Å². The zero-order valence-corrected chi connectivity index (χ0v) is 8.42. The van der Waals surface area contributed by atoms with E-state index in [1.165, 1.54) is 12.1 Å². The smallest absolute Gasteiger partial charge is 0.123 e. The van der Waals surface area contributed by atoms with Crippen LogP contribution in [0.15, 0.2) is 24.3 Å². The molecule has 1 N–H and O–H groups in total. The lowest BCUT2D eigenvalue weighted by Gasteiger charge is -2.05. The fourth-order valence-electron chi connectivity index (χ4n) is 1.09. The fraction of sp³-hybridized carbons (Fsp3) is 0.455. The van der Waals surface area contributed by atoms with Gasteiger partial charge in [0, 0.05) is 0 Å². The van der Waals surface area contributed by atoms with Gasteiger partial charge in [0.15, 0.2) is 0 Å². The van der Waals surface area contributed by atoms with Gasteiger partial charge < -0.3 is 10.1 Å². The summed E-state index contributed by atoms with van der Waals surface area (Å²) < 4.78 is 17.9. The molecule has 3 heteroatoms. The Balaban J connectivity index is 2.15. The van der Waals surface area contributed by atoms with Crippen molar-refractivity contribution in [3.63, 3.8) is 0 Å². The Kier molecular flexibility index (Phi) is 5.00. The molecule has 0 aliphatic carbocycles. The van der Waals surface area contributed by atoms with Crippen molar-refractivity contribution in [1.82, 2.24) is 5.32 Å². The molecule has 78 valence electrons. The Morgan fingerprint density at radius 1 is 1.29 bits per heavy atom. The molecule has 0 aromatic heterocycles. The molecule has 1 aromatic rings. The first-order chi connectivity index (χ1) is 6.83. The highest BCUT2D eigenvalue weighted by Gasteiger charge is 1.93. The van der Waals surface area contributed by atoms with E-state index in [1.54, 1.807) is 12.1 Å². The second-order valence-corrected chi connectivity index (χ2v) is 3.01. The van der Waals surface area contributed by atoms with E-state index >= 15 is 0 Å². The zero-order valence-electron chi connectivity index (χ0n) is 8.42. The third kappa shape index (κ3) is 4.23. The Hall–Kier alpha value is -1.09. The third-order valence-electron chi connectivity index (χ3n) is 1.83. The summed E-state index contributed by atoms with van der Waals surface area (Å²) in [5.41, 5.74) is 0. The Labute approximate surface area is 84.1 Å². The molecule has 0 aliphatic heterocycles. The second kappa shape index (κ2) is 6.38. The van der Waals surface area contributed by atoms with Gasteiger partial charge in [-0.25, -0.2) is 4.39 Å². The number of hydrogen-bond acceptors (Lipinski definition) is 2. The van der Waals surface area contributed by atoms with Gasteiger partial charge in [-0.15, -0.1) is 0 Å².